The van der Waals surface area contributed by atoms with E-state index < -0.39 is 17.7 Å². The number of nitrogens with zero attached hydrogens (tertiary/aromatic N) is 1. The molecule has 170 valence electrons. The molecule has 2 aromatic carbocycles. The van der Waals surface area contributed by atoms with Gasteiger partial charge in [-0.3, -0.25) is 9.59 Å². The highest BCUT2D eigenvalue weighted by Crippen LogP contribution is 2.41. The number of aliphatic hydroxyl groups is 1. The lowest BCUT2D eigenvalue weighted by Crippen LogP contribution is -2.30. The van der Waals surface area contributed by atoms with Gasteiger partial charge in [0.05, 0.1) is 25.8 Å². The molecule has 6 heteroatoms. The van der Waals surface area contributed by atoms with Crippen LogP contribution in [0.1, 0.15) is 56.8 Å². The van der Waals surface area contributed by atoms with Crippen molar-refractivity contribution in [1.29, 1.82) is 0 Å². The number of methoxy groups -OCH3 is 2. The number of carbonyl (C=O) groups is 2. The molecule has 0 spiro atoms. The summed E-state index contributed by atoms with van der Waals surface area (Å²) in [5.41, 5.74) is 2.37. The Morgan fingerprint density at radius 1 is 1.00 bits per heavy atom. The van der Waals surface area contributed by atoms with E-state index in [-0.39, 0.29) is 16.7 Å². The zero-order valence-electron chi connectivity index (χ0n) is 19.6. The third-order valence-corrected chi connectivity index (χ3v) is 5.75. The average molecular weight is 438 g/mol. The molecule has 0 radical (unpaired) electrons. The molecule has 0 bridgehead atoms. The van der Waals surface area contributed by atoms with Crippen LogP contribution in [0.2, 0.25) is 0 Å². The quantitative estimate of drug-likeness (QED) is 0.398. The Bertz CT molecular complexity index is 1050. The summed E-state index contributed by atoms with van der Waals surface area (Å²) in [4.78, 5) is 27.4. The number of rotatable bonds is 6. The van der Waals surface area contributed by atoms with Crippen molar-refractivity contribution in [1.82, 2.24) is 4.90 Å². The standard InChI is InChI=1S/C26H31NO5/c1-7-14-27-22(16-8-11-18(12-9-16)26(2,3)4)21(24(29)25(27)30)23(28)17-10-13-19(31-5)20(15-17)32-6/h8-13,15,22,28H,7,14H2,1-6H3/b23-21-. The highest BCUT2D eigenvalue weighted by atomic mass is 16.5. The Kier molecular flexibility index (Phi) is 6.63. The molecule has 1 saturated heterocycles. The molecule has 1 N–H and O–H groups in total. The summed E-state index contributed by atoms with van der Waals surface area (Å²) in [7, 11) is 3.02. The summed E-state index contributed by atoms with van der Waals surface area (Å²) in [5, 5.41) is 11.2. The summed E-state index contributed by atoms with van der Waals surface area (Å²) < 4.78 is 10.6. The van der Waals surface area contributed by atoms with E-state index in [0.717, 1.165) is 11.1 Å². The molecular formula is C26H31NO5. The van der Waals surface area contributed by atoms with Gasteiger partial charge in [0.15, 0.2) is 11.5 Å². The molecule has 32 heavy (non-hydrogen) atoms. The number of amides is 1. The molecule has 1 unspecified atom stereocenters. The first kappa shape index (κ1) is 23.4. The molecule has 1 aliphatic heterocycles. The van der Waals surface area contributed by atoms with Crippen LogP contribution in [-0.4, -0.2) is 42.5 Å². The van der Waals surface area contributed by atoms with Crippen LogP contribution < -0.4 is 9.47 Å². The molecule has 1 aliphatic rings. The average Bonchev–Trinajstić information content (AvgIpc) is 3.02. The minimum atomic E-state index is -0.685. The van der Waals surface area contributed by atoms with Gasteiger partial charge < -0.3 is 19.5 Å². The maximum atomic E-state index is 13.0. The Balaban J connectivity index is 2.17. The summed E-state index contributed by atoms with van der Waals surface area (Å²) in [6.45, 7) is 8.75. The lowest BCUT2D eigenvalue weighted by molar-refractivity contribution is -0.139. The van der Waals surface area contributed by atoms with Gasteiger partial charge in [-0.25, -0.2) is 0 Å². The van der Waals surface area contributed by atoms with E-state index in [9.17, 15) is 14.7 Å². The maximum absolute atomic E-state index is 13.0. The maximum Gasteiger partial charge on any atom is 0.295 e. The van der Waals surface area contributed by atoms with Crippen molar-refractivity contribution >= 4 is 17.4 Å². The molecule has 3 rings (SSSR count). The summed E-state index contributed by atoms with van der Waals surface area (Å²) in [6, 6.07) is 12.1. The molecule has 1 atom stereocenters. The van der Waals surface area contributed by atoms with Crippen LogP contribution in [0.4, 0.5) is 0 Å². The van der Waals surface area contributed by atoms with Gasteiger partial charge >= 0.3 is 0 Å². The smallest absolute Gasteiger partial charge is 0.295 e. The van der Waals surface area contributed by atoms with E-state index >= 15 is 0 Å². The zero-order chi connectivity index (χ0) is 23.6. The lowest BCUT2D eigenvalue weighted by Gasteiger charge is -2.26. The van der Waals surface area contributed by atoms with E-state index in [0.29, 0.717) is 30.0 Å². The van der Waals surface area contributed by atoms with Crippen LogP contribution in [-0.2, 0) is 15.0 Å². The van der Waals surface area contributed by atoms with Crippen molar-refractivity contribution < 1.29 is 24.2 Å². The van der Waals surface area contributed by atoms with Gasteiger partial charge in [-0.1, -0.05) is 52.0 Å². The largest absolute Gasteiger partial charge is 0.507 e. The van der Waals surface area contributed by atoms with Crippen LogP contribution in [0.15, 0.2) is 48.0 Å². The van der Waals surface area contributed by atoms with E-state index in [4.69, 9.17) is 9.47 Å². The van der Waals surface area contributed by atoms with Crippen molar-refractivity contribution in [2.24, 2.45) is 0 Å². The highest BCUT2D eigenvalue weighted by molar-refractivity contribution is 6.46. The predicted molar refractivity (Wildman–Crippen MR) is 124 cm³/mol. The van der Waals surface area contributed by atoms with Gasteiger partial charge in [-0.15, -0.1) is 0 Å². The van der Waals surface area contributed by atoms with Crippen molar-refractivity contribution in [2.75, 3.05) is 20.8 Å². The van der Waals surface area contributed by atoms with E-state index in [1.165, 1.54) is 14.2 Å². The number of Topliss-reactive ketones (excluding diaryl/α,β-unsaturated/α-hetero) is 1. The molecule has 1 heterocycles. The number of carbonyl (C=O) groups excluding carboxylic acids is 2. The van der Waals surface area contributed by atoms with Gasteiger partial charge in [-0.2, -0.15) is 0 Å². The van der Waals surface area contributed by atoms with Crippen LogP contribution in [0.25, 0.3) is 5.76 Å². The fraction of sp³-hybridized carbons (Fsp3) is 0.385. The molecule has 0 saturated carbocycles. The molecule has 1 fully saturated rings. The SMILES string of the molecule is CCCN1C(=O)C(=O)/C(=C(\O)c2ccc(OC)c(OC)c2)C1c1ccc(C(C)(C)C)cc1. The second kappa shape index (κ2) is 9.07. The molecular weight excluding hydrogens is 406 g/mol. The van der Waals surface area contributed by atoms with E-state index in [1.807, 2.05) is 31.2 Å². The minimum Gasteiger partial charge on any atom is -0.507 e. The fourth-order valence-electron chi connectivity index (χ4n) is 4.00. The number of benzene rings is 2. The zero-order valence-corrected chi connectivity index (χ0v) is 19.6. The van der Waals surface area contributed by atoms with Crippen LogP contribution in [0.5, 0.6) is 11.5 Å². The number of ketones is 1. The number of ether oxygens (including phenoxy) is 2. The molecule has 0 aromatic heterocycles. The molecule has 6 nitrogen and oxygen atoms in total. The van der Waals surface area contributed by atoms with Gasteiger partial charge in [0.2, 0.25) is 0 Å². The first-order valence-electron chi connectivity index (χ1n) is 10.7. The predicted octanol–water partition coefficient (Wildman–Crippen LogP) is 4.83. The second-order valence-corrected chi connectivity index (χ2v) is 8.93. The monoisotopic (exact) mass is 437 g/mol. The third kappa shape index (κ3) is 4.22. The van der Waals surface area contributed by atoms with Gasteiger partial charge in [0, 0.05) is 12.1 Å². The molecule has 1 amide bonds. The van der Waals surface area contributed by atoms with Crippen molar-refractivity contribution in [3.63, 3.8) is 0 Å². The number of likely N-dealkylation sites (tertiary alicyclic amines) is 1. The Morgan fingerprint density at radius 2 is 1.62 bits per heavy atom. The number of hydrogen-bond donors (Lipinski definition) is 1. The number of hydrogen-bond acceptors (Lipinski definition) is 5. The second-order valence-electron chi connectivity index (χ2n) is 8.93. The normalized spacial score (nSPS) is 18.2. The minimum absolute atomic E-state index is 0.0244. The highest BCUT2D eigenvalue weighted by Gasteiger charge is 2.45. The van der Waals surface area contributed by atoms with Crippen LogP contribution >= 0.6 is 0 Å². The number of aliphatic hydroxyl groups excluding tert-OH is 1. The Morgan fingerprint density at radius 3 is 2.16 bits per heavy atom. The first-order chi connectivity index (χ1) is 15.1. The Labute approximate surface area is 189 Å². The van der Waals surface area contributed by atoms with Crippen LogP contribution in [0, 0.1) is 0 Å². The van der Waals surface area contributed by atoms with Crippen molar-refractivity contribution in [2.45, 2.75) is 45.6 Å². The Hall–Kier alpha value is -3.28. The van der Waals surface area contributed by atoms with E-state index in [1.54, 1.807) is 23.1 Å². The summed E-state index contributed by atoms with van der Waals surface area (Å²) in [6.07, 6.45) is 0.694. The van der Waals surface area contributed by atoms with E-state index in [2.05, 4.69) is 20.8 Å². The van der Waals surface area contributed by atoms with Gasteiger partial charge in [0.25, 0.3) is 11.7 Å². The first-order valence-corrected chi connectivity index (χ1v) is 10.7. The summed E-state index contributed by atoms with van der Waals surface area (Å²) >= 11 is 0. The fourth-order valence-corrected chi connectivity index (χ4v) is 4.00. The van der Waals surface area contributed by atoms with Gasteiger partial charge in [-0.05, 0) is 41.2 Å². The van der Waals surface area contributed by atoms with Crippen molar-refractivity contribution in [3.05, 3.63) is 64.7 Å². The molecule has 0 aliphatic carbocycles. The molecule has 2 aromatic rings. The summed E-state index contributed by atoms with van der Waals surface area (Å²) in [5.74, 6) is -0.586. The lowest BCUT2D eigenvalue weighted by atomic mass is 9.85. The topological polar surface area (TPSA) is 76.1 Å². The van der Waals surface area contributed by atoms with Crippen molar-refractivity contribution in [3.8, 4) is 11.5 Å². The van der Waals surface area contributed by atoms with Gasteiger partial charge in [0.1, 0.15) is 5.76 Å². The third-order valence-electron chi connectivity index (χ3n) is 5.75. The van der Waals surface area contributed by atoms with Crippen LogP contribution in [0.3, 0.4) is 0 Å².